The number of carbonyl (C=O) groups is 1. The van der Waals surface area contributed by atoms with Gasteiger partial charge in [0.05, 0.1) is 17.1 Å². The van der Waals surface area contributed by atoms with Crippen molar-refractivity contribution >= 4 is 27.3 Å². The number of hydrogen-bond acceptors (Lipinski definition) is 5. The highest BCUT2D eigenvalue weighted by Gasteiger charge is 2.23. The van der Waals surface area contributed by atoms with Crippen LogP contribution < -0.4 is 9.62 Å². The number of aromatic nitrogens is 3. The van der Waals surface area contributed by atoms with Gasteiger partial charge >= 0.3 is 0 Å². The number of nitrogens with one attached hydrogen (secondary N) is 1. The number of para-hydroxylation sites is 1. The van der Waals surface area contributed by atoms with Gasteiger partial charge in [0, 0.05) is 18.3 Å². The Labute approximate surface area is 180 Å². The fraction of sp³-hybridized carbons (Fsp3) is 0.136. The van der Waals surface area contributed by atoms with Crippen LogP contribution in [-0.4, -0.2) is 35.5 Å². The van der Waals surface area contributed by atoms with Gasteiger partial charge in [-0.15, -0.1) is 10.2 Å². The molecule has 0 saturated carbocycles. The number of anilines is 1. The largest absolute Gasteiger partial charge is 0.345 e. The van der Waals surface area contributed by atoms with E-state index in [1.165, 1.54) is 28.6 Å². The van der Waals surface area contributed by atoms with Crippen molar-refractivity contribution in [2.75, 3.05) is 10.8 Å². The second-order valence-corrected chi connectivity index (χ2v) is 8.62. The maximum atomic E-state index is 13.1. The zero-order chi connectivity index (χ0) is 21.8. The predicted octanol–water partition coefficient (Wildman–Crippen LogP) is 2.87. The van der Waals surface area contributed by atoms with Gasteiger partial charge in [0.25, 0.3) is 15.9 Å². The van der Waals surface area contributed by atoms with Crippen LogP contribution in [-0.2, 0) is 16.6 Å². The number of fused-ring (bicyclic) bond motifs is 1. The zero-order valence-corrected chi connectivity index (χ0v) is 17.7. The van der Waals surface area contributed by atoms with Crippen LogP contribution in [0.2, 0.25) is 0 Å². The first-order valence-electron chi connectivity index (χ1n) is 9.75. The normalized spacial score (nSPS) is 11.4. The van der Waals surface area contributed by atoms with E-state index in [9.17, 15) is 13.2 Å². The van der Waals surface area contributed by atoms with Gasteiger partial charge in [0.15, 0.2) is 11.5 Å². The smallest absolute Gasteiger partial charge is 0.264 e. The molecule has 0 unspecified atom stereocenters. The molecule has 4 aromatic rings. The van der Waals surface area contributed by atoms with Gasteiger partial charge < -0.3 is 5.32 Å². The molecule has 0 aliphatic rings. The molecular formula is C22H21N5O3S. The monoisotopic (exact) mass is 435 g/mol. The minimum absolute atomic E-state index is 0.123. The Morgan fingerprint density at radius 3 is 2.39 bits per heavy atom. The molecule has 158 valence electrons. The van der Waals surface area contributed by atoms with Crippen molar-refractivity contribution in [3.8, 4) is 0 Å². The standard InChI is InChI=1S/C22H21N5O3S/c1-2-27(18-8-4-3-5-9-18)31(29,30)19-13-11-17(12-14-19)22(28)23-16-21-25-24-20-10-6-7-15-26(20)21/h3-15H,2,16H2,1H3,(H,23,28). The SMILES string of the molecule is CCN(c1ccccc1)S(=O)(=O)c1ccc(C(=O)NCc2nnc3ccccn23)cc1. The predicted molar refractivity (Wildman–Crippen MR) is 117 cm³/mol. The Balaban J connectivity index is 1.48. The summed E-state index contributed by atoms with van der Waals surface area (Å²) in [6.07, 6.45) is 1.82. The summed E-state index contributed by atoms with van der Waals surface area (Å²) in [5.41, 5.74) is 1.64. The van der Waals surface area contributed by atoms with Gasteiger partial charge in [-0.05, 0) is 55.5 Å². The summed E-state index contributed by atoms with van der Waals surface area (Å²) in [4.78, 5) is 12.6. The van der Waals surface area contributed by atoms with Crippen LogP contribution in [0.4, 0.5) is 5.69 Å². The Kier molecular flexibility index (Phi) is 5.68. The van der Waals surface area contributed by atoms with Crippen molar-refractivity contribution in [1.82, 2.24) is 19.9 Å². The molecule has 0 fully saturated rings. The first-order chi connectivity index (χ1) is 15.0. The van der Waals surface area contributed by atoms with E-state index in [0.29, 0.717) is 29.3 Å². The van der Waals surface area contributed by atoms with Gasteiger partial charge in [0.1, 0.15) is 0 Å². The topological polar surface area (TPSA) is 96.7 Å². The summed E-state index contributed by atoms with van der Waals surface area (Å²) in [6.45, 7) is 2.27. The van der Waals surface area contributed by atoms with Crippen molar-refractivity contribution in [3.63, 3.8) is 0 Å². The summed E-state index contributed by atoms with van der Waals surface area (Å²) >= 11 is 0. The molecule has 8 nitrogen and oxygen atoms in total. The molecule has 2 aromatic carbocycles. The first kappa shape index (κ1) is 20.5. The summed E-state index contributed by atoms with van der Waals surface area (Å²) in [5, 5.41) is 10.9. The second kappa shape index (κ2) is 8.57. The van der Waals surface area contributed by atoms with Crippen LogP contribution in [0.5, 0.6) is 0 Å². The van der Waals surface area contributed by atoms with Crippen LogP contribution in [0.1, 0.15) is 23.1 Å². The minimum atomic E-state index is -3.74. The van der Waals surface area contributed by atoms with E-state index in [1.807, 2.05) is 30.5 Å². The van der Waals surface area contributed by atoms with E-state index < -0.39 is 10.0 Å². The number of amides is 1. The molecule has 0 radical (unpaired) electrons. The van der Waals surface area contributed by atoms with E-state index in [1.54, 1.807) is 35.6 Å². The van der Waals surface area contributed by atoms with Gasteiger partial charge in [-0.2, -0.15) is 0 Å². The molecule has 2 aromatic heterocycles. The number of rotatable bonds is 7. The number of pyridine rings is 1. The molecule has 9 heteroatoms. The van der Waals surface area contributed by atoms with Crippen molar-refractivity contribution < 1.29 is 13.2 Å². The van der Waals surface area contributed by atoms with E-state index in [-0.39, 0.29) is 17.3 Å². The van der Waals surface area contributed by atoms with Crippen LogP contribution >= 0.6 is 0 Å². The molecule has 0 aliphatic carbocycles. The molecule has 2 heterocycles. The Hall–Kier alpha value is -3.72. The van der Waals surface area contributed by atoms with Crippen LogP contribution in [0.25, 0.3) is 5.65 Å². The lowest BCUT2D eigenvalue weighted by molar-refractivity contribution is 0.0949. The lowest BCUT2D eigenvalue weighted by atomic mass is 10.2. The average Bonchev–Trinajstić information content (AvgIpc) is 3.22. The van der Waals surface area contributed by atoms with Gasteiger partial charge in [-0.1, -0.05) is 24.3 Å². The molecule has 1 amide bonds. The van der Waals surface area contributed by atoms with E-state index in [0.717, 1.165) is 0 Å². The molecule has 0 bridgehead atoms. The third kappa shape index (κ3) is 4.13. The highest BCUT2D eigenvalue weighted by atomic mass is 32.2. The van der Waals surface area contributed by atoms with Crippen molar-refractivity contribution in [2.45, 2.75) is 18.4 Å². The van der Waals surface area contributed by atoms with Crippen molar-refractivity contribution in [2.24, 2.45) is 0 Å². The molecule has 0 saturated heterocycles. The number of carbonyl (C=O) groups excluding carboxylic acids is 1. The average molecular weight is 436 g/mol. The van der Waals surface area contributed by atoms with Crippen molar-refractivity contribution in [3.05, 3.63) is 90.4 Å². The zero-order valence-electron chi connectivity index (χ0n) is 16.8. The molecule has 1 N–H and O–H groups in total. The fourth-order valence-electron chi connectivity index (χ4n) is 3.26. The quantitative estimate of drug-likeness (QED) is 0.482. The van der Waals surface area contributed by atoms with Gasteiger partial charge in [-0.3, -0.25) is 13.5 Å². The van der Waals surface area contributed by atoms with Crippen LogP contribution in [0.3, 0.4) is 0 Å². The molecule has 31 heavy (non-hydrogen) atoms. The maximum absolute atomic E-state index is 13.1. The van der Waals surface area contributed by atoms with Gasteiger partial charge in [-0.25, -0.2) is 8.42 Å². The summed E-state index contributed by atoms with van der Waals surface area (Å²) in [7, 11) is -3.74. The van der Waals surface area contributed by atoms with Crippen LogP contribution in [0, 0.1) is 0 Å². The number of sulfonamides is 1. The third-order valence-electron chi connectivity index (χ3n) is 4.83. The minimum Gasteiger partial charge on any atom is -0.345 e. The van der Waals surface area contributed by atoms with Crippen LogP contribution in [0.15, 0.2) is 83.9 Å². The fourth-order valence-corrected chi connectivity index (χ4v) is 4.74. The molecule has 4 rings (SSSR count). The lowest BCUT2D eigenvalue weighted by Gasteiger charge is -2.23. The van der Waals surface area contributed by atoms with E-state index in [4.69, 9.17) is 0 Å². The maximum Gasteiger partial charge on any atom is 0.264 e. The molecular weight excluding hydrogens is 414 g/mol. The third-order valence-corrected chi connectivity index (χ3v) is 6.74. The first-order valence-corrected chi connectivity index (χ1v) is 11.2. The highest BCUT2D eigenvalue weighted by molar-refractivity contribution is 7.92. The highest BCUT2D eigenvalue weighted by Crippen LogP contribution is 2.23. The number of hydrogen-bond donors (Lipinski definition) is 1. The molecule has 0 atom stereocenters. The van der Waals surface area contributed by atoms with Crippen molar-refractivity contribution in [1.29, 1.82) is 0 Å². The molecule has 0 aliphatic heterocycles. The van der Waals surface area contributed by atoms with E-state index in [2.05, 4.69) is 15.5 Å². The second-order valence-electron chi connectivity index (χ2n) is 6.76. The lowest BCUT2D eigenvalue weighted by Crippen LogP contribution is -2.30. The van der Waals surface area contributed by atoms with Gasteiger partial charge in [0.2, 0.25) is 0 Å². The Bertz CT molecular complexity index is 1300. The summed E-state index contributed by atoms with van der Waals surface area (Å²) in [6, 6.07) is 20.4. The molecule has 0 spiro atoms. The Morgan fingerprint density at radius 2 is 1.68 bits per heavy atom. The Morgan fingerprint density at radius 1 is 0.968 bits per heavy atom. The number of benzene rings is 2. The number of nitrogens with zero attached hydrogens (tertiary/aromatic N) is 4. The van der Waals surface area contributed by atoms with E-state index >= 15 is 0 Å². The summed E-state index contributed by atoms with van der Waals surface area (Å²) < 4.78 is 29.2. The summed E-state index contributed by atoms with van der Waals surface area (Å²) in [5.74, 6) is 0.275.